The summed E-state index contributed by atoms with van der Waals surface area (Å²) in [6.07, 6.45) is -0.0214. The number of guanidine groups is 1. The molecule has 1 aromatic heterocycles. The van der Waals surface area contributed by atoms with Gasteiger partial charge in [0.1, 0.15) is 6.10 Å². The number of hydrogen-bond donors (Lipinski definition) is 2. The number of nitrogens with zero attached hydrogens (tertiary/aromatic N) is 1. The molecule has 0 radical (unpaired) electrons. The van der Waals surface area contributed by atoms with E-state index in [-0.39, 0.29) is 6.10 Å². The number of rotatable bonds is 8. The van der Waals surface area contributed by atoms with Crippen LogP contribution in [-0.2, 0) is 6.54 Å². The van der Waals surface area contributed by atoms with E-state index in [2.05, 4.69) is 34.0 Å². The number of ether oxygens (including phenoxy) is 2. The number of thiophene rings is 1. The fourth-order valence-electron chi connectivity index (χ4n) is 2.12. The second kappa shape index (κ2) is 9.82. The van der Waals surface area contributed by atoms with Crippen molar-refractivity contribution in [1.82, 2.24) is 10.6 Å². The van der Waals surface area contributed by atoms with Crippen LogP contribution in [0.2, 0.25) is 0 Å². The molecule has 0 fully saturated rings. The minimum Gasteiger partial charge on any atom is -0.493 e. The molecule has 0 aliphatic carbocycles. The lowest BCUT2D eigenvalue weighted by Gasteiger charge is -2.19. The highest BCUT2D eigenvalue weighted by molar-refractivity contribution is 7.09. The van der Waals surface area contributed by atoms with E-state index in [4.69, 9.17) is 9.47 Å². The Morgan fingerprint density at radius 1 is 1.17 bits per heavy atom. The molecule has 1 aromatic carbocycles. The molecule has 0 bridgehead atoms. The van der Waals surface area contributed by atoms with Gasteiger partial charge in [-0.05, 0) is 37.4 Å². The molecule has 1 heterocycles. The zero-order valence-electron chi connectivity index (χ0n) is 14.4. The number of aliphatic imine (C=N–C) groups is 1. The molecule has 0 saturated heterocycles. The predicted molar refractivity (Wildman–Crippen MR) is 100 cm³/mol. The summed E-state index contributed by atoms with van der Waals surface area (Å²) >= 11 is 1.71. The van der Waals surface area contributed by atoms with Crippen molar-refractivity contribution in [3.05, 3.63) is 46.7 Å². The van der Waals surface area contributed by atoms with Crippen LogP contribution in [0.3, 0.4) is 0 Å². The van der Waals surface area contributed by atoms with Crippen LogP contribution in [0.25, 0.3) is 0 Å². The number of methoxy groups -OCH3 is 1. The lowest BCUT2D eigenvalue weighted by Crippen LogP contribution is -2.41. The van der Waals surface area contributed by atoms with Crippen LogP contribution in [0, 0.1) is 0 Å². The molecule has 130 valence electrons. The van der Waals surface area contributed by atoms with Gasteiger partial charge < -0.3 is 20.1 Å². The van der Waals surface area contributed by atoms with Crippen LogP contribution < -0.4 is 20.1 Å². The smallest absolute Gasteiger partial charge is 0.191 e. The van der Waals surface area contributed by atoms with Crippen molar-refractivity contribution in [1.29, 1.82) is 0 Å². The molecule has 0 spiro atoms. The fourth-order valence-corrected chi connectivity index (χ4v) is 2.74. The van der Waals surface area contributed by atoms with Crippen LogP contribution in [0.15, 0.2) is 46.8 Å². The Morgan fingerprint density at radius 3 is 2.62 bits per heavy atom. The molecular weight excluding hydrogens is 322 g/mol. The van der Waals surface area contributed by atoms with E-state index >= 15 is 0 Å². The number of benzene rings is 1. The number of hydrogen-bond acceptors (Lipinski definition) is 4. The highest BCUT2D eigenvalue weighted by Crippen LogP contribution is 2.26. The Labute approximate surface area is 147 Å². The summed E-state index contributed by atoms with van der Waals surface area (Å²) in [5.41, 5.74) is 0. The summed E-state index contributed by atoms with van der Waals surface area (Å²) in [6, 6.07) is 11.8. The Morgan fingerprint density at radius 2 is 1.96 bits per heavy atom. The van der Waals surface area contributed by atoms with Crippen molar-refractivity contribution in [2.24, 2.45) is 4.99 Å². The van der Waals surface area contributed by atoms with Crippen LogP contribution in [0.4, 0.5) is 0 Å². The van der Waals surface area contributed by atoms with Gasteiger partial charge in [-0.2, -0.15) is 0 Å². The summed E-state index contributed by atoms with van der Waals surface area (Å²) in [4.78, 5) is 5.83. The Balaban J connectivity index is 1.87. The van der Waals surface area contributed by atoms with E-state index in [0.717, 1.165) is 24.0 Å². The van der Waals surface area contributed by atoms with Gasteiger partial charge >= 0.3 is 0 Å². The highest BCUT2D eigenvalue weighted by Gasteiger charge is 2.09. The molecule has 2 rings (SSSR count). The Kier molecular flexibility index (Phi) is 7.42. The monoisotopic (exact) mass is 347 g/mol. The normalized spacial score (nSPS) is 12.5. The average molecular weight is 347 g/mol. The van der Waals surface area contributed by atoms with Gasteiger partial charge in [0.05, 0.1) is 20.2 Å². The van der Waals surface area contributed by atoms with E-state index < -0.39 is 0 Å². The SMILES string of the molecule is CCNC(=NCc1cccs1)NCC(C)Oc1ccccc1OC. The van der Waals surface area contributed by atoms with Gasteiger partial charge in [0, 0.05) is 11.4 Å². The van der Waals surface area contributed by atoms with Crippen molar-refractivity contribution in [2.75, 3.05) is 20.2 Å². The van der Waals surface area contributed by atoms with Gasteiger partial charge in [0.2, 0.25) is 0 Å². The second-order valence-electron chi connectivity index (χ2n) is 5.23. The lowest BCUT2D eigenvalue weighted by molar-refractivity contribution is 0.213. The molecule has 5 nitrogen and oxygen atoms in total. The van der Waals surface area contributed by atoms with Crippen molar-refractivity contribution >= 4 is 17.3 Å². The van der Waals surface area contributed by atoms with Gasteiger partial charge in [-0.1, -0.05) is 18.2 Å². The molecule has 2 aromatic rings. The van der Waals surface area contributed by atoms with Gasteiger partial charge in [-0.15, -0.1) is 11.3 Å². The summed E-state index contributed by atoms with van der Waals surface area (Å²) in [7, 11) is 1.64. The lowest BCUT2D eigenvalue weighted by atomic mass is 10.3. The molecule has 24 heavy (non-hydrogen) atoms. The largest absolute Gasteiger partial charge is 0.493 e. The molecule has 0 saturated carbocycles. The topological polar surface area (TPSA) is 54.9 Å². The molecule has 1 atom stereocenters. The average Bonchev–Trinajstić information content (AvgIpc) is 3.11. The Hall–Kier alpha value is -2.21. The zero-order valence-corrected chi connectivity index (χ0v) is 15.2. The first-order valence-corrected chi connectivity index (χ1v) is 8.95. The molecule has 2 N–H and O–H groups in total. The second-order valence-corrected chi connectivity index (χ2v) is 6.27. The molecule has 0 aliphatic heterocycles. The minimum atomic E-state index is -0.0214. The minimum absolute atomic E-state index is 0.0214. The third kappa shape index (κ3) is 5.77. The van der Waals surface area contributed by atoms with Crippen LogP contribution in [0.1, 0.15) is 18.7 Å². The van der Waals surface area contributed by atoms with E-state index in [9.17, 15) is 0 Å². The summed E-state index contributed by atoms with van der Waals surface area (Å²) in [6.45, 7) is 6.21. The highest BCUT2D eigenvalue weighted by atomic mass is 32.1. The van der Waals surface area contributed by atoms with Gasteiger partial charge in [-0.25, -0.2) is 4.99 Å². The van der Waals surface area contributed by atoms with Gasteiger partial charge in [0.15, 0.2) is 17.5 Å². The zero-order chi connectivity index (χ0) is 17.2. The first-order chi connectivity index (χ1) is 11.7. The van der Waals surface area contributed by atoms with E-state index in [1.807, 2.05) is 37.3 Å². The number of nitrogens with one attached hydrogen (secondary N) is 2. The molecule has 0 aliphatic rings. The standard InChI is InChI=1S/C18H25N3O2S/c1-4-19-18(21-13-15-8-7-11-24-15)20-12-14(2)23-17-10-6-5-9-16(17)22-3/h5-11,14H,4,12-13H2,1-3H3,(H2,19,20,21). The first-order valence-electron chi connectivity index (χ1n) is 8.07. The van der Waals surface area contributed by atoms with Crippen LogP contribution in [0.5, 0.6) is 11.5 Å². The fraction of sp³-hybridized carbons (Fsp3) is 0.389. The summed E-state index contributed by atoms with van der Waals surface area (Å²) in [5, 5.41) is 8.63. The van der Waals surface area contributed by atoms with Crippen molar-refractivity contribution in [3.63, 3.8) is 0 Å². The first kappa shape index (κ1) is 18.1. The van der Waals surface area contributed by atoms with Crippen molar-refractivity contribution in [2.45, 2.75) is 26.5 Å². The maximum atomic E-state index is 5.95. The third-order valence-corrected chi connectivity index (χ3v) is 4.13. The third-order valence-electron chi connectivity index (χ3n) is 3.27. The maximum absolute atomic E-state index is 5.95. The molecule has 6 heteroatoms. The van der Waals surface area contributed by atoms with E-state index in [0.29, 0.717) is 13.1 Å². The van der Waals surface area contributed by atoms with Crippen LogP contribution in [-0.4, -0.2) is 32.3 Å². The summed E-state index contributed by atoms with van der Waals surface area (Å²) in [5.74, 6) is 2.28. The summed E-state index contributed by atoms with van der Waals surface area (Å²) < 4.78 is 11.3. The van der Waals surface area contributed by atoms with Gasteiger partial charge in [0.25, 0.3) is 0 Å². The Bertz CT molecular complexity index is 629. The van der Waals surface area contributed by atoms with E-state index in [1.54, 1.807) is 18.4 Å². The van der Waals surface area contributed by atoms with Gasteiger partial charge in [-0.3, -0.25) is 0 Å². The maximum Gasteiger partial charge on any atom is 0.191 e. The predicted octanol–water partition coefficient (Wildman–Crippen LogP) is 3.28. The molecular formula is C18H25N3O2S. The quantitative estimate of drug-likeness (QED) is 0.568. The van der Waals surface area contributed by atoms with Crippen molar-refractivity contribution in [3.8, 4) is 11.5 Å². The van der Waals surface area contributed by atoms with Crippen LogP contribution >= 0.6 is 11.3 Å². The molecule has 0 amide bonds. The number of para-hydroxylation sites is 2. The molecule has 1 unspecified atom stereocenters. The van der Waals surface area contributed by atoms with Crippen molar-refractivity contribution < 1.29 is 9.47 Å². The van der Waals surface area contributed by atoms with E-state index in [1.165, 1.54) is 4.88 Å².